The van der Waals surface area contributed by atoms with Gasteiger partial charge in [0.25, 0.3) is 0 Å². The summed E-state index contributed by atoms with van der Waals surface area (Å²) in [5, 5.41) is 2.93. The van der Waals surface area contributed by atoms with Gasteiger partial charge in [-0.25, -0.2) is 4.98 Å². The van der Waals surface area contributed by atoms with Crippen LogP contribution in [0, 0.1) is 0 Å². The Bertz CT molecular complexity index is 648. The molecule has 5 heteroatoms. The summed E-state index contributed by atoms with van der Waals surface area (Å²) < 4.78 is 7.83. The van der Waals surface area contributed by atoms with Gasteiger partial charge in [-0.3, -0.25) is 4.79 Å². The minimum Gasteiger partial charge on any atom is -0.368 e. The van der Waals surface area contributed by atoms with Crippen LogP contribution in [0.4, 0.5) is 0 Å². The van der Waals surface area contributed by atoms with Crippen LogP contribution in [-0.2, 0) is 22.5 Å². The lowest BCUT2D eigenvalue weighted by atomic mass is 9.98. The number of ether oxygens (including phenoxy) is 1. The molecule has 1 amide bonds. The number of carbonyl (C=O) groups is 1. The van der Waals surface area contributed by atoms with Gasteiger partial charge in [-0.1, -0.05) is 49.6 Å². The molecule has 0 radical (unpaired) electrons. The number of imidazole rings is 1. The first-order chi connectivity index (χ1) is 12.3. The predicted molar refractivity (Wildman–Crippen MR) is 97.3 cm³/mol. The fraction of sp³-hybridized carbons (Fsp3) is 0.500. The standard InChI is InChI=1S/C20H27N3O2/c24-20(16-25-18-9-5-2-6-10-18)22-12-11-19-21-13-14-23(19)15-17-7-3-1-4-8-17/h1,3-4,7-8,13-14,18H,2,5-6,9-12,15-16H2,(H,22,24). The molecule has 0 aliphatic heterocycles. The van der Waals surface area contributed by atoms with Crippen molar-refractivity contribution in [3.63, 3.8) is 0 Å². The third-order valence-electron chi connectivity index (χ3n) is 4.67. The minimum absolute atomic E-state index is 0.0354. The molecule has 1 aromatic heterocycles. The highest BCUT2D eigenvalue weighted by Crippen LogP contribution is 2.19. The number of aromatic nitrogens is 2. The van der Waals surface area contributed by atoms with Crippen LogP contribution in [0.3, 0.4) is 0 Å². The van der Waals surface area contributed by atoms with Gasteiger partial charge in [-0.2, -0.15) is 0 Å². The average Bonchev–Trinajstić information content (AvgIpc) is 3.09. The maximum atomic E-state index is 11.9. The second-order valence-electron chi connectivity index (χ2n) is 6.63. The number of hydrogen-bond acceptors (Lipinski definition) is 3. The summed E-state index contributed by atoms with van der Waals surface area (Å²) in [7, 11) is 0. The number of hydrogen-bond donors (Lipinski definition) is 1. The van der Waals surface area contributed by atoms with Gasteiger partial charge in [0.2, 0.25) is 5.91 Å². The lowest BCUT2D eigenvalue weighted by molar-refractivity contribution is -0.128. The Balaban J connectivity index is 1.38. The lowest BCUT2D eigenvalue weighted by Crippen LogP contribution is -2.32. The Kier molecular flexibility index (Phi) is 6.63. The van der Waals surface area contributed by atoms with Gasteiger partial charge in [0.15, 0.2) is 0 Å². The molecule has 25 heavy (non-hydrogen) atoms. The van der Waals surface area contributed by atoms with Crippen LogP contribution < -0.4 is 5.32 Å². The van der Waals surface area contributed by atoms with Gasteiger partial charge >= 0.3 is 0 Å². The fourth-order valence-electron chi connectivity index (χ4n) is 3.28. The van der Waals surface area contributed by atoms with E-state index in [-0.39, 0.29) is 18.6 Å². The Morgan fingerprint density at radius 1 is 1.20 bits per heavy atom. The summed E-state index contributed by atoms with van der Waals surface area (Å²) in [6.07, 6.45) is 10.7. The number of amides is 1. The Morgan fingerprint density at radius 3 is 2.80 bits per heavy atom. The first-order valence-corrected chi connectivity index (χ1v) is 9.23. The molecule has 1 fully saturated rings. The first kappa shape index (κ1) is 17.7. The van der Waals surface area contributed by atoms with Gasteiger partial charge in [0.1, 0.15) is 12.4 Å². The van der Waals surface area contributed by atoms with Crippen molar-refractivity contribution in [2.75, 3.05) is 13.2 Å². The van der Waals surface area contributed by atoms with Gasteiger partial charge < -0.3 is 14.6 Å². The molecule has 1 N–H and O–H groups in total. The Hall–Kier alpha value is -2.14. The van der Waals surface area contributed by atoms with Gasteiger partial charge in [0.05, 0.1) is 6.10 Å². The van der Waals surface area contributed by atoms with Crippen LogP contribution in [0.25, 0.3) is 0 Å². The van der Waals surface area contributed by atoms with Crippen LogP contribution >= 0.6 is 0 Å². The lowest BCUT2D eigenvalue weighted by Gasteiger charge is -2.21. The van der Waals surface area contributed by atoms with E-state index < -0.39 is 0 Å². The molecule has 1 aliphatic rings. The van der Waals surface area contributed by atoms with Crippen molar-refractivity contribution in [3.05, 3.63) is 54.1 Å². The molecule has 2 aromatic rings. The van der Waals surface area contributed by atoms with Gasteiger partial charge in [-0.05, 0) is 18.4 Å². The zero-order chi connectivity index (χ0) is 17.3. The summed E-state index contributed by atoms with van der Waals surface area (Å²) in [6.45, 7) is 1.55. The van der Waals surface area contributed by atoms with Crippen molar-refractivity contribution in [2.45, 2.75) is 51.2 Å². The van der Waals surface area contributed by atoms with E-state index in [4.69, 9.17) is 4.74 Å². The number of benzene rings is 1. The molecule has 134 valence electrons. The van der Waals surface area contributed by atoms with Gasteiger partial charge in [0, 0.05) is 31.9 Å². The van der Waals surface area contributed by atoms with Crippen molar-refractivity contribution in [1.29, 1.82) is 0 Å². The molecule has 1 aliphatic carbocycles. The molecular formula is C20H27N3O2. The second-order valence-corrected chi connectivity index (χ2v) is 6.63. The molecule has 1 saturated carbocycles. The molecule has 5 nitrogen and oxygen atoms in total. The largest absolute Gasteiger partial charge is 0.368 e. The monoisotopic (exact) mass is 341 g/mol. The topological polar surface area (TPSA) is 56.1 Å². The highest BCUT2D eigenvalue weighted by atomic mass is 16.5. The average molecular weight is 341 g/mol. The number of rotatable bonds is 8. The maximum absolute atomic E-state index is 11.9. The zero-order valence-electron chi connectivity index (χ0n) is 14.7. The number of carbonyl (C=O) groups excluding carboxylic acids is 1. The minimum atomic E-state index is -0.0354. The fourth-order valence-corrected chi connectivity index (χ4v) is 3.28. The summed E-state index contributed by atoms with van der Waals surface area (Å²) in [5.74, 6) is 0.948. The van der Waals surface area contributed by atoms with E-state index in [1.807, 2.05) is 30.6 Å². The van der Waals surface area contributed by atoms with Crippen molar-refractivity contribution in [2.24, 2.45) is 0 Å². The third-order valence-corrected chi connectivity index (χ3v) is 4.67. The van der Waals surface area contributed by atoms with Crippen molar-refractivity contribution >= 4 is 5.91 Å². The highest BCUT2D eigenvalue weighted by Gasteiger charge is 2.15. The molecule has 3 rings (SSSR count). The second kappa shape index (κ2) is 9.37. The Morgan fingerprint density at radius 2 is 2.00 bits per heavy atom. The first-order valence-electron chi connectivity index (χ1n) is 9.23. The maximum Gasteiger partial charge on any atom is 0.246 e. The molecular weight excluding hydrogens is 314 g/mol. The molecule has 0 bridgehead atoms. The normalized spacial score (nSPS) is 15.2. The summed E-state index contributed by atoms with van der Waals surface area (Å²) >= 11 is 0. The van der Waals surface area contributed by atoms with E-state index in [9.17, 15) is 4.79 Å². The van der Waals surface area contributed by atoms with E-state index in [1.54, 1.807) is 0 Å². The van der Waals surface area contributed by atoms with E-state index in [1.165, 1.54) is 24.8 Å². The SMILES string of the molecule is O=C(COC1CCCCC1)NCCc1nccn1Cc1ccccc1. The molecule has 0 unspecified atom stereocenters. The molecule has 0 saturated heterocycles. The van der Waals surface area contributed by atoms with Crippen molar-refractivity contribution in [3.8, 4) is 0 Å². The van der Waals surface area contributed by atoms with E-state index in [0.717, 1.165) is 31.6 Å². The smallest absolute Gasteiger partial charge is 0.246 e. The van der Waals surface area contributed by atoms with Crippen molar-refractivity contribution in [1.82, 2.24) is 14.9 Å². The summed E-state index contributed by atoms with van der Waals surface area (Å²) in [4.78, 5) is 16.3. The highest BCUT2D eigenvalue weighted by molar-refractivity contribution is 5.77. The molecule has 0 spiro atoms. The van der Waals surface area contributed by atoms with E-state index >= 15 is 0 Å². The van der Waals surface area contributed by atoms with Gasteiger partial charge in [-0.15, -0.1) is 0 Å². The Labute approximate surface area is 149 Å². The third kappa shape index (κ3) is 5.71. The predicted octanol–water partition coefficient (Wildman–Crippen LogP) is 2.94. The van der Waals surface area contributed by atoms with Crippen LogP contribution in [0.1, 0.15) is 43.5 Å². The number of nitrogens with zero attached hydrogens (tertiary/aromatic N) is 2. The van der Waals surface area contributed by atoms with Crippen molar-refractivity contribution < 1.29 is 9.53 Å². The van der Waals surface area contributed by atoms with E-state index in [2.05, 4.69) is 27.0 Å². The summed E-state index contributed by atoms with van der Waals surface area (Å²) in [5.41, 5.74) is 1.24. The number of nitrogens with one attached hydrogen (secondary N) is 1. The van der Waals surface area contributed by atoms with Crippen LogP contribution in [0.2, 0.25) is 0 Å². The molecule has 1 heterocycles. The summed E-state index contributed by atoms with van der Waals surface area (Å²) in [6, 6.07) is 10.3. The zero-order valence-corrected chi connectivity index (χ0v) is 14.7. The van der Waals surface area contributed by atoms with Crippen LogP contribution in [0.15, 0.2) is 42.7 Å². The van der Waals surface area contributed by atoms with Crippen LogP contribution in [-0.4, -0.2) is 34.7 Å². The van der Waals surface area contributed by atoms with Crippen LogP contribution in [0.5, 0.6) is 0 Å². The van der Waals surface area contributed by atoms with E-state index in [0.29, 0.717) is 6.54 Å². The molecule has 1 aromatic carbocycles. The molecule has 0 atom stereocenters. The quantitative estimate of drug-likeness (QED) is 0.803.